The van der Waals surface area contributed by atoms with E-state index in [1.165, 1.54) is 11.3 Å². The Morgan fingerprint density at radius 1 is 1.58 bits per heavy atom. The summed E-state index contributed by atoms with van der Waals surface area (Å²) < 4.78 is 0. The van der Waals surface area contributed by atoms with E-state index in [1.807, 2.05) is 24.0 Å². The van der Waals surface area contributed by atoms with Crippen LogP contribution >= 0.6 is 23.4 Å². The SMILES string of the molecule is Cc1cccnc1CSCCCl. The lowest BCUT2D eigenvalue weighted by Crippen LogP contribution is -1.91. The summed E-state index contributed by atoms with van der Waals surface area (Å²) in [6, 6.07) is 4.05. The third-order valence-electron chi connectivity index (χ3n) is 1.58. The van der Waals surface area contributed by atoms with Crippen molar-refractivity contribution in [2.24, 2.45) is 0 Å². The number of hydrogen-bond donors (Lipinski definition) is 0. The quantitative estimate of drug-likeness (QED) is 0.549. The number of pyridine rings is 1. The van der Waals surface area contributed by atoms with E-state index in [0.717, 1.165) is 17.4 Å². The maximum absolute atomic E-state index is 5.57. The number of alkyl halides is 1. The number of aromatic nitrogens is 1. The van der Waals surface area contributed by atoms with Crippen molar-refractivity contribution in [1.82, 2.24) is 4.98 Å². The van der Waals surface area contributed by atoms with Gasteiger partial charge in [-0.25, -0.2) is 0 Å². The third kappa shape index (κ3) is 3.03. The van der Waals surface area contributed by atoms with Crippen molar-refractivity contribution < 1.29 is 0 Å². The van der Waals surface area contributed by atoms with Gasteiger partial charge in [0.2, 0.25) is 0 Å². The standard InChI is InChI=1S/C9H12ClNS/c1-8-3-2-5-11-9(8)7-12-6-4-10/h2-3,5H,4,6-7H2,1H3. The first-order chi connectivity index (χ1) is 5.84. The highest BCUT2D eigenvalue weighted by molar-refractivity contribution is 7.98. The van der Waals surface area contributed by atoms with Crippen LogP contribution in [-0.4, -0.2) is 16.6 Å². The van der Waals surface area contributed by atoms with Crippen LogP contribution in [0.1, 0.15) is 11.3 Å². The van der Waals surface area contributed by atoms with Gasteiger partial charge in [0.15, 0.2) is 0 Å². The van der Waals surface area contributed by atoms with Gasteiger partial charge in [-0.3, -0.25) is 4.98 Å². The minimum Gasteiger partial charge on any atom is -0.260 e. The maximum atomic E-state index is 5.57. The molecule has 1 heterocycles. The normalized spacial score (nSPS) is 10.2. The molecule has 1 rings (SSSR count). The number of thioether (sulfide) groups is 1. The van der Waals surface area contributed by atoms with Gasteiger partial charge in [0, 0.05) is 23.6 Å². The Balaban J connectivity index is 2.46. The highest BCUT2D eigenvalue weighted by Crippen LogP contribution is 2.13. The number of halogens is 1. The second kappa shape index (κ2) is 5.44. The second-order valence-corrected chi connectivity index (χ2v) is 3.99. The molecule has 0 fully saturated rings. The summed E-state index contributed by atoms with van der Waals surface area (Å²) in [5, 5.41) is 0. The molecule has 0 bridgehead atoms. The fourth-order valence-electron chi connectivity index (χ4n) is 0.893. The van der Waals surface area contributed by atoms with Gasteiger partial charge in [-0.05, 0) is 18.6 Å². The Hall–Kier alpha value is -0.210. The van der Waals surface area contributed by atoms with Gasteiger partial charge < -0.3 is 0 Å². The molecule has 12 heavy (non-hydrogen) atoms. The molecule has 0 aromatic carbocycles. The number of nitrogens with zero attached hydrogens (tertiary/aromatic N) is 1. The van der Waals surface area contributed by atoms with Crippen molar-refractivity contribution in [3.8, 4) is 0 Å². The number of aryl methyl sites for hydroxylation is 1. The lowest BCUT2D eigenvalue weighted by molar-refractivity contribution is 1.13. The van der Waals surface area contributed by atoms with Crippen molar-refractivity contribution in [2.45, 2.75) is 12.7 Å². The Labute approximate surface area is 82.5 Å². The minimum absolute atomic E-state index is 0.719. The lowest BCUT2D eigenvalue weighted by Gasteiger charge is -2.02. The molecule has 0 spiro atoms. The molecule has 0 unspecified atom stereocenters. The van der Waals surface area contributed by atoms with Gasteiger partial charge in [-0.1, -0.05) is 6.07 Å². The Kier molecular flexibility index (Phi) is 4.48. The molecule has 0 saturated heterocycles. The molecule has 0 amide bonds. The second-order valence-electron chi connectivity index (χ2n) is 2.51. The van der Waals surface area contributed by atoms with E-state index in [9.17, 15) is 0 Å². The highest BCUT2D eigenvalue weighted by Gasteiger charge is 1.97. The van der Waals surface area contributed by atoms with Gasteiger partial charge in [0.1, 0.15) is 0 Å². The number of hydrogen-bond acceptors (Lipinski definition) is 2. The predicted octanol–water partition coefficient (Wildman–Crippen LogP) is 2.86. The van der Waals surface area contributed by atoms with Gasteiger partial charge >= 0.3 is 0 Å². The van der Waals surface area contributed by atoms with E-state index in [4.69, 9.17) is 11.6 Å². The molecule has 0 N–H and O–H groups in total. The Bertz CT molecular complexity index is 240. The molecule has 1 aromatic rings. The van der Waals surface area contributed by atoms with E-state index < -0.39 is 0 Å². The molecule has 0 aliphatic rings. The molecule has 0 aliphatic carbocycles. The van der Waals surface area contributed by atoms with Crippen LogP contribution in [0.3, 0.4) is 0 Å². The first kappa shape index (κ1) is 9.87. The summed E-state index contributed by atoms with van der Waals surface area (Å²) in [5.41, 5.74) is 2.44. The van der Waals surface area contributed by atoms with Gasteiger partial charge in [0.05, 0.1) is 5.69 Å². The third-order valence-corrected chi connectivity index (χ3v) is 2.96. The molecular formula is C9H12ClNS. The molecule has 1 nitrogen and oxygen atoms in total. The monoisotopic (exact) mass is 201 g/mol. The molecular weight excluding hydrogens is 190 g/mol. The number of rotatable bonds is 4. The van der Waals surface area contributed by atoms with Crippen LogP contribution in [0.25, 0.3) is 0 Å². The molecule has 0 aliphatic heterocycles. The molecule has 0 saturated carbocycles. The Morgan fingerprint density at radius 2 is 2.42 bits per heavy atom. The lowest BCUT2D eigenvalue weighted by atomic mass is 10.2. The van der Waals surface area contributed by atoms with E-state index in [-0.39, 0.29) is 0 Å². The van der Waals surface area contributed by atoms with Crippen LogP contribution < -0.4 is 0 Å². The van der Waals surface area contributed by atoms with Gasteiger partial charge in [-0.2, -0.15) is 11.8 Å². The van der Waals surface area contributed by atoms with E-state index in [0.29, 0.717) is 0 Å². The summed E-state index contributed by atoms with van der Waals surface area (Å²) in [6.45, 7) is 2.09. The van der Waals surface area contributed by atoms with Crippen molar-refractivity contribution in [2.75, 3.05) is 11.6 Å². The maximum Gasteiger partial charge on any atom is 0.0531 e. The summed E-state index contributed by atoms with van der Waals surface area (Å²) >= 11 is 7.39. The van der Waals surface area contributed by atoms with Gasteiger partial charge in [0.25, 0.3) is 0 Å². The summed E-state index contributed by atoms with van der Waals surface area (Å²) in [4.78, 5) is 4.29. The zero-order chi connectivity index (χ0) is 8.81. The summed E-state index contributed by atoms with van der Waals surface area (Å²) in [7, 11) is 0. The van der Waals surface area contributed by atoms with E-state index in [1.54, 1.807) is 0 Å². The molecule has 0 radical (unpaired) electrons. The van der Waals surface area contributed by atoms with Crippen LogP contribution in [0.2, 0.25) is 0 Å². The van der Waals surface area contributed by atoms with Crippen LogP contribution in [0, 0.1) is 6.92 Å². The zero-order valence-corrected chi connectivity index (χ0v) is 8.66. The van der Waals surface area contributed by atoms with Crippen molar-refractivity contribution >= 4 is 23.4 Å². The minimum atomic E-state index is 0.719. The average Bonchev–Trinajstić information content (AvgIpc) is 2.09. The van der Waals surface area contributed by atoms with Crippen molar-refractivity contribution in [1.29, 1.82) is 0 Å². The van der Waals surface area contributed by atoms with Gasteiger partial charge in [-0.15, -0.1) is 11.6 Å². The first-order valence-electron chi connectivity index (χ1n) is 3.89. The average molecular weight is 202 g/mol. The van der Waals surface area contributed by atoms with Crippen molar-refractivity contribution in [3.05, 3.63) is 29.6 Å². The molecule has 3 heteroatoms. The smallest absolute Gasteiger partial charge is 0.0531 e. The summed E-state index contributed by atoms with van der Waals surface area (Å²) in [5.74, 6) is 2.69. The zero-order valence-electron chi connectivity index (χ0n) is 7.09. The largest absolute Gasteiger partial charge is 0.260 e. The fourth-order valence-corrected chi connectivity index (χ4v) is 1.97. The first-order valence-corrected chi connectivity index (χ1v) is 5.57. The Morgan fingerprint density at radius 3 is 3.08 bits per heavy atom. The molecule has 0 atom stereocenters. The predicted molar refractivity (Wildman–Crippen MR) is 55.9 cm³/mol. The molecule has 1 aromatic heterocycles. The van der Waals surface area contributed by atoms with Crippen LogP contribution in [0.5, 0.6) is 0 Å². The topological polar surface area (TPSA) is 12.9 Å². The fraction of sp³-hybridized carbons (Fsp3) is 0.444. The van der Waals surface area contributed by atoms with E-state index >= 15 is 0 Å². The highest BCUT2D eigenvalue weighted by atomic mass is 35.5. The van der Waals surface area contributed by atoms with E-state index in [2.05, 4.69) is 18.0 Å². The van der Waals surface area contributed by atoms with Crippen LogP contribution in [0.4, 0.5) is 0 Å². The van der Waals surface area contributed by atoms with Crippen LogP contribution in [-0.2, 0) is 5.75 Å². The van der Waals surface area contributed by atoms with Crippen LogP contribution in [0.15, 0.2) is 18.3 Å². The summed E-state index contributed by atoms with van der Waals surface area (Å²) in [6.07, 6.45) is 1.84. The molecule has 66 valence electrons. The van der Waals surface area contributed by atoms with Crippen molar-refractivity contribution in [3.63, 3.8) is 0 Å².